The highest BCUT2D eigenvalue weighted by atomic mass is 32.3. The van der Waals surface area contributed by atoms with Crippen molar-refractivity contribution in [3.8, 4) is 0 Å². The third-order valence-corrected chi connectivity index (χ3v) is 7.13. The molecular formula is C14H17F6NO4S2. The molecule has 0 saturated heterocycles. The number of hydrogen-bond acceptors (Lipinski definition) is 4. The van der Waals surface area contributed by atoms with Gasteiger partial charge in [0, 0.05) is 0 Å². The number of rotatable bonds is 5. The van der Waals surface area contributed by atoms with E-state index in [1.165, 1.54) is 33.8 Å². The summed E-state index contributed by atoms with van der Waals surface area (Å²) in [5.74, 6) is -1.54. The van der Waals surface area contributed by atoms with Crippen molar-refractivity contribution in [1.82, 2.24) is 0 Å². The van der Waals surface area contributed by atoms with E-state index < -0.39 is 52.3 Å². The molecule has 1 aromatic carbocycles. The summed E-state index contributed by atoms with van der Waals surface area (Å²) in [7, 11) is -13.8. The number of halogens is 6. The molecule has 0 radical (unpaired) electrons. The molecule has 13 heteroatoms. The van der Waals surface area contributed by atoms with Crippen molar-refractivity contribution in [2.75, 3.05) is 3.71 Å². The smallest absolute Gasteiger partial charge is 0.196 e. The fourth-order valence-corrected chi connectivity index (χ4v) is 5.10. The number of sulfonamides is 2. The average molecular weight is 441 g/mol. The molecule has 0 fully saturated rings. The van der Waals surface area contributed by atoms with Crippen LogP contribution in [0.5, 0.6) is 0 Å². The predicted molar refractivity (Wildman–Crippen MR) is 87.0 cm³/mol. The molecule has 5 nitrogen and oxygen atoms in total. The van der Waals surface area contributed by atoms with Crippen LogP contribution in [0, 0.1) is 0 Å². The van der Waals surface area contributed by atoms with E-state index in [1.807, 2.05) is 0 Å². The van der Waals surface area contributed by atoms with Gasteiger partial charge in [-0.3, -0.25) is 0 Å². The van der Waals surface area contributed by atoms with Gasteiger partial charge in [0.15, 0.2) is 0 Å². The fourth-order valence-electron chi connectivity index (χ4n) is 2.28. The van der Waals surface area contributed by atoms with Crippen LogP contribution in [0.25, 0.3) is 0 Å². The molecule has 0 spiro atoms. The Labute approximate surface area is 153 Å². The average Bonchev–Trinajstić information content (AvgIpc) is 2.43. The van der Waals surface area contributed by atoms with Crippen molar-refractivity contribution in [3.05, 3.63) is 29.3 Å². The van der Waals surface area contributed by atoms with Crippen molar-refractivity contribution in [2.45, 2.75) is 50.5 Å². The molecule has 0 unspecified atom stereocenters. The maximum atomic E-state index is 13.1. The van der Waals surface area contributed by atoms with E-state index in [1.54, 1.807) is 0 Å². The van der Waals surface area contributed by atoms with E-state index in [4.69, 9.17) is 0 Å². The minimum atomic E-state index is -6.92. The lowest BCUT2D eigenvalue weighted by atomic mass is 9.93. The normalized spacial score (nSPS) is 14.1. The van der Waals surface area contributed by atoms with Gasteiger partial charge in [-0.25, -0.2) is 0 Å². The highest BCUT2D eigenvalue weighted by Gasteiger charge is 2.62. The molecule has 0 saturated carbocycles. The Balaban J connectivity index is 4.19. The molecular weight excluding hydrogens is 424 g/mol. The minimum Gasteiger partial charge on any atom is -0.196 e. The van der Waals surface area contributed by atoms with E-state index in [-0.39, 0.29) is 11.1 Å². The molecule has 27 heavy (non-hydrogen) atoms. The summed E-state index contributed by atoms with van der Waals surface area (Å²) in [6.07, 6.45) is 0. The van der Waals surface area contributed by atoms with Gasteiger partial charge in [-0.2, -0.15) is 43.2 Å². The molecule has 0 aliphatic carbocycles. The van der Waals surface area contributed by atoms with Crippen molar-refractivity contribution < 1.29 is 43.2 Å². The van der Waals surface area contributed by atoms with E-state index >= 15 is 0 Å². The number of para-hydroxylation sites is 1. The van der Waals surface area contributed by atoms with Gasteiger partial charge in [0.05, 0.1) is 5.69 Å². The van der Waals surface area contributed by atoms with Gasteiger partial charge >= 0.3 is 31.1 Å². The Morgan fingerprint density at radius 3 is 1.26 bits per heavy atom. The van der Waals surface area contributed by atoms with Crippen LogP contribution in [0.4, 0.5) is 32.0 Å². The zero-order valence-electron chi connectivity index (χ0n) is 14.6. The topological polar surface area (TPSA) is 71.5 Å². The van der Waals surface area contributed by atoms with Gasteiger partial charge in [0.1, 0.15) is 0 Å². The summed E-state index contributed by atoms with van der Waals surface area (Å²) in [5, 5.41) is 0. The summed E-state index contributed by atoms with van der Waals surface area (Å²) >= 11 is 0. The summed E-state index contributed by atoms with van der Waals surface area (Å²) in [5.41, 5.74) is -14.3. The Morgan fingerprint density at radius 2 is 1.04 bits per heavy atom. The molecule has 0 aromatic heterocycles. The lowest BCUT2D eigenvalue weighted by molar-refractivity contribution is -0.0462. The lowest BCUT2D eigenvalue weighted by Crippen LogP contribution is -2.50. The van der Waals surface area contributed by atoms with Gasteiger partial charge in [-0.1, -0.05) is 45.9 Å². The monoisotopic (exact) mass is 441 g/mol. The summed E-state index contributed by atoms with van der Waals surface area (Å²) in [6, 6.07) is 3.46. The Hall–Kier alpha value is -1.50. The number of benzene rings is 1. The predicted octanol–water partition coefficient (Wildman–Crippen LogP) is 4.44. The van der Waals surface area contributed by atoms with Crippen molar-refractivity contribution in [2.24, 2.45) is 0 Å². The standard InChI is InChI=1S/C14H17F6NO4S2/c1-8(2)10-6-5-7-11(9(3)4)12(10)21(26(22,23)13(15,16)17)27(24,25)14(18,19)20/h5-9H,1-4H3. The van der Waals surface area contributed by atoms with Crippen LogP contribution in [-0.2, 0) is 20.0 Å². The zero-order valence-corrected chi connectivity index (χ0v) is 16.2. The molecule has 0 N–H and O–H groups in total. The van der Waals surface area contributed by atoms with Crippen LogP contribution in [0.2, 0.25) is 0 Å². The van der Waals surface area contributed by atoms with Crippen LogP contribution in [-0.4, -0.2) is 27.9 Å². The lowest BCUT2D eigenvalue weighted by Gasteiger charge is -2.30. The van der Waals surface area contributed by atoms with E-state index in [0.717, 1.165) is 12.1 Å². The Bertz CT molecular complexity index is 832. The maximum absolute atomic E-state index is 13.1. The summed E-state index contributed by atoms with van der Waals surface area (Å²) in [6.45, 7) is 5.51. The quantitative estimate of drug-likeness (QED) is 0.634. The van der Waals surface area contributed by atoms with Gasteiger partial charge < -0.3 is 0 Å². The Morgan fingerprint density at radius 1 is 0.741 bits per heavy atom. The molecule has 0 atom stereocenters. The van der Waals surface area contributed by atoms with E-state index in [0.29, 0.717) is 0 Å². The zero-order chi connectivity index (χ0) is 21.6. The summed E-state index contributed by atoms with van der Waals surface area (Å²) in [4.78, 5) is 0. The van der Waals surface area contributed by atoms with Crippen LogP contribution >= 0.6 is 0 Å². The van der Waals surface area contributed by atoms with Crippen LogP contribution in [0.1, 0.15) is 50.7 Å². The number of nitrogens with zero attached hydrogens (tertiary/aromatic N) is 1. The molecule has 0 bridgehead atoms. The van der Waals surface area contributed by atoms with Crippen LogP contribution < -0.4 is 3.71 Å². The van der Waals surface area contributed by atoms with Crippen molar-refractivity contribution in [1.29, 1.82) is 0 Å². The molecule has 0 aliphatic heterocycles. The highest BCUT2D eigenvalue weighted by molar-refractivity contribution is 8.11. The third kappa shape index (κ3) is 4.18. The van der Waals surface area contributed by atoms with Gasteiger partial charge in [-0.05, 0) is 23.0 Å². The van der Waals surface area contributed by atoms with Crippen molar-refractivity contribution in [3.63, 3.8) is 0 Å². The van der Waals surface area contributed by atoms with E-state index in [9.17, 15) is 43.2 Å². The van der Waals surface area contributed by atoms with Crippen LogP contribution in [0.3, 0.4) is 0 Å². The first-order valence-corrected chi connectivity index (χ1v) is 10.3. The second-order valence-corrected chi connectivity index (χ2v) is 9.98. The van der Waals surface area contributed by atoms with Crippen LogP contribution in [0.15, 0.2) is 18.2 Å². The number of hydrogen-bond donors (Lipinski definition) is 0. The highest BCUT2D eigenvalue weighted by Crippen LogP contribution is 2.44. The number of anilines is 1. The molecule has 0 amide bonds. The largest absolute Gasteiger partial charge is 0.517 e. The number of alkyl halides is 6. The first kappa shape index (κ1) is 23.5. The molecule has 1 aromatic rings. The molecule has 1 rings (SSSR count). The SMILES string of the molecule is CC(C)c1cccc(C(C)C)c1N(S(=O)(=O)C(F)(F)F)S(=O)(=O)C(F)(F)F. The van der Waals surface area contributed by atoms with Gasteiger partial charge in [0.2, 0.25) is 0 Å². The second kappa shape index (κ2) is 7.15. The van der Waals surface area contributed by atoms with E-state index in [2.05, 4.69) is 0 Å². The molecule has 156 valence electrons. The first-order chi connectivity index (χ1) is 11.9. The fraction of sp³-hybridized carbons (Fsp3) is 0.571. The maximum Gasteiger partial charge on any atom is 0.517 e. The Kier molecular flexibility index (Phi) is 6.23. The van der Waals surface area contributed by atoms with Crippen molar-refractivity contribution >= 4 is 25.7 Å². The summed E-state index contributed by atoms with van der Waals surface area (Å²) < 4.78 is 125. The second-order valence-electron chi connectivity index (χ2n) is 6.19. The molecule has 0 aliphatic rings. The molecule has 0 heterocycles. The first-order valence-electron chi connectivity index (χ1n) is 7.43. The van der Waals surface area contributed by atoms with Gasteiger partial charge in [0.25, 0.3) is 0 Å². The van der Waals surface area contributed by atoms with Gasteiger partial charge in [-0.15, -0.1) is 3.71 Å². The third-order valence-electron chi connectivity index (χ3n) is 3.55. The minimum absolute atomic E-state index is 0.290.